The lowest BCUT2D eigenvalue weighted by Crippen LogP contribution is -2.55. The van der Waals surface area contributed by atoms with E-state index in [0.29, 0.717) is 0 Å². The number of nitrogens with one attached hydrogen (secondary N) is 2. The summed E-state index contributed by atoms with van der Waals surface area (Å²) in [6.07, 6.45) is 3.25. The van der Waals surface area contributed by atoms with Crippen LogP contribution in [0.3, 0.4) is 0 Å². The van der Waals surface area contributed by atoms with Gasteiger partial charge in [0.25, 0.3) is 0 Å². The SMILES string of the molecule is C[C@H](N)C(=O)N[C@@H]1CCCC[C@H]1NC(=O)OCc1ccccc1. The van der Waals surface area contributed by atoms with Gasteiger partial charge in [0.05, 0.1) is 12.1 Å². The third-order valence-electron chi connectivity index (χ3n) is 4.02. The summed E-state index contributed by atoms with van der Waals surface area (Å²) in [6, 6.07) is 8.76. The van der Waals surface area contributed by atoms with Crippen LogP contribution in [0, 0.1) is 0 Å². The van der Waals surface area contributed by atoms with E-state index in [4.69, 9.17) is 10.5 Å². The summed E-state index contributed by atoms with van der Waals surface area (Å²) in [5.74, 6) is -0.193. The number of hydrogen-bond donors (Lipinski definition) is 3. The molecule has 1 aromatic carbocycles. The minimum atomic E-state index is -0.553. The highest BCUT2D eigenvalue weighted by atomic mass is 16.5. The molecule has 0 aliphatic heterocycles. The predicted octanol–water partition coefficient (Wildman–Crippen LogP) is 1.69. The van der Waals surface area contributed by atoms with Gasteiger partial charge in [0.15, 0.2) is 0 Å². The molecule has 2 rings (SSSR count). The topological polar surface area (TPSA) is 93.5 Å². The highest BCUT2D eigenvalue weighted by Crippen LogP contribution is 2.19. The molecule has 0 heterocycles. The fraction of sp³-hybridized carbons (Fsp3) is 0.529. The van der Waals surface area contributed by atoms with E-state index < -0.39 is 12.1 Å². The molecule has 0 radical (unpaired) electrons. The molecule has 1 aliphatic rings. The number of benzene rings is 1. The van der Waals surface area contributed by atoms with Crippen molar-refractivity contribution in [2.75, 3.05) is 0 Å². The Hall–Kier alpha value is -2.08. The predicted molar refractivity (Wildman–Crippen MR) is 87.6 cm³/mol. The summed E-state index contributed by atoms with van der Waals surface area (Å²) in [5, 5.41) is 5.78. The standard InChI is InChI=1S/C17H25N3O3/c1-12(18)16(21)19-14-9-5-6-10-15(14)20-17(22)23-11-13-7-3-2-4-8-13/h2-4,7-8,12,14-15H,5-6,9-11,18H2,1H3,(H,19,21)(H,20,22)/t12-,14+,15+/m0/s1. The van der Waals surface area contributed by atoms with Crippen LogP contribution < -0.4 is 16.4 Å². The third-order valence-corrected chi connectivity index (χ3v) is 4.02. The quantitative estimate of drug-likeness (QED) is 0.770. The van der Waals surface area contributed by atoms with Gasteiger partial charge in [0.2, 0.25) is 5.91 Å². The van der Waals surface area contributed by atoms with Crippen molar-refractivity contribution in [1.29, 1.82) is 0 Å². The molecule has 6 heteroatoms. The number of alkyl carbamates (subject to hydrolysis) is 1. The van der Waals surface area contributed by atoms with E-state index in [-0.39, 0.29) is 24.6 Å². The van der Waals surface area contributed by atoms with Crippen molar-refractivity contribution in [3.8, 4) is 0 Å². The fourth-order valence-electron chi connectivity index (χ4n) is 2.71. The second-order valence-electron chi connectivity index (χ2n) is 6.00. The lowest BCUT2D eigenvalue weighted by molar-refractivity contribution is -0.123. The van der Waals surface area contributed by atoms with Crippen LogP contribution in [0.4, 0.5) is 4.79 Å². The van der Waals surface area contributed by atoms with Crippen LogP contribution in [0.2, 0.25) is 0 Å². The van der Waals surface area contributed by atoms with Gasteiger partial charge in [0.1, 0.15) is 6.61 Å². The summed E-state index contributed by atoms with van der Waals surface area (Å²) < 4.78 is 5.24. The first-order valence-corrected chi connectivity index (χ1v) is 8.09. The van der Waals surface area contributed by atoms with Crippen molar-refractivity contribution in [3.05, 3.63) is 35.9 Å². The maximum atomic E-state index is 12.0. The molecule has 0 bridgehead atoms. The van der Waals surface area contributed by atoms with Gasteiger partial charge in [-0.3, -0.25) is 4.79 Å². The molecule has 0 unspecified atom stereocenters. The fourth-order valence-corrected chi connectivity index (χ4v) is 2.71. The number of carbonyl (C=O) groups is 2. The number of rotatable bonds is 5. The first-order chi connectivity index (χ1) is 11.1. The molecule has 126 valence electrons. The molecule has 0 aromatic heterocycles. The van der Waals surface area contributed by atoms with Crippen molar-refractivity contribution in [2.45, 2.75) is 57.3 Å². The van der Waals surface area contributed by atoms with Crippen LogP contribution in [0.1, 0.15) is 38.2 Å². The number of hydrogen-bond acceptors (Lipinski definition) is 4. The van der Waals surface area contributed by atoms with E-state index in [0.717, 1.165) is 31.2 Å². The molecule has 4 N–H and O–H groups in total. The van der Waals surface area contributed by atoms with Crippen LogP contribution >= 0.6 is 0 Å². The van der Waals surface area contributed by atoms with Crippen LogP contribution in [-0.2, 0) is 16.1 Å². The molecule has 1 aliphatic carbocycles. The van der Waals surface area contributed by atoms with Gasteiger partial charge in [0, 0.05) is 6.04 Å². The highest BCUT2D eigenvalue weighted by Gasteiger charge is 2.28. The summed E-state index contributed by atoms with van der Waals surface area (Å²) in [7, 11) is 0. The van der Waals surface area contributed by atoms with Crippen LogP contribution in [0.25, 0.3) is 0 Å². The zero-order valence-electron chi connectivity index (χ0n) is 13.5. The number of ether oxygens (including phenoxy) is 1. The lowest BCUT2D eigenvalue weighted by Gasteiger charge is -2.32. The molecule has 1 aromatic rings. The van der Waals surface area contributed by atoms with Crippen molar-refractivity contribution in [2.24, 2.45) is 5.73 Å². The first-order valence-electron chi connectivity index (χ1n) is 8.09. The van der Waals surface area contributed by atoms with Gasteiger partial charge in [-0.05, 0) is 25.3 Å². The third kappa shape index (κ3) is 5.56. The monoisotopic (exact) mass is 319 g/mol. The highest BCUT2D eigenvalue weighted by molar-refractivity contribution is 5.81. The maximum Gasteiger partial charge on any atom is 0.407 e. The van der Waals surface area contributed by atoms with Crippen molar-refractivity contribution < 1.29 is 14.3 Å². The number of amides is 2. The lowest BCUT2D eigenvalue weighted by atomic mass is 9.90. The van der Waals surface area contributed by atoms with Crippen molar-refractivity contribution in [3.63, 3.8) is 0 Å². The van der Waals surface area contributed by atoms with Gasteiger partial charge in [-0.15, -0.1) is 0 Å². The zero-order valence-corrected chi connectivity index (χ0v) is 13.5. The number of nitrogens with two attached hydrogens (primary N) is 1. The van der Waals surface area contributed by atoms with Crippen LogP contribution in [-0.4, -0.2) is 30.1 Å². The molecule has 6 nitrogen and oxygen atoms in total. The Bertz CT molecular complexity index is 519. The molecule has 2 amide bonds. The van der Waals surface area contributed by atoms with Crippen LogP contribution in [0.5, 0.6) is 0 Å². The minimum absolute atomic E-state index is 0.0912. The van der Waals surface area contributed by atoms with Crippen LogP contribution in [0.15, 0.2) is 30.3 Å². The smallest absolute Gasteiger partial charge is 0.407 e. The van der Waals surface area contributed by atoms with E-state index in [1.807, 2.05) is 30.3 Å². The summed E-state index contributed by atoms with van der Waals surface area (Å²) in [4.78, 5) is 23.8. The normalized spacial score (nSPS) is 22.0. The zero-order chi connectivity index (χ0) is 16.7. The molecular weight excluding hydrogens is 294 g/mol. The summed E-state index contributed by atoms with van der Waals surface area (Å²) >= 11 is 0. The summed E-state index contributed by atoms with van der Waals surface area (Å²) in [6.45, 7) is 1.88. The molecule has 0 spiro atoms. The Morgan fingerprint density at radius 3 is 2.39 bits per heavy atom. The van der Waals surface area contributed by atoms with E-state index >= 15 is 0 Å². The molecular formula is C17H25N3O3. The van der Waals surface area contributed by atoms with Gasteiger partial charge in [-0.25, -0.2) is 4.79 Å². The van der Waals surface area contributed by atoms with Gasteiger partial charge in [-0.2, -0.15) is 0 Å². The second-order valence-corrected chi connectivity index (χ2v) is 6.00. The molecule has 0 saturated heterocycles. The molecule has 1 fully saturated rings. The Morgan fingerprint density at radius 1 is 1.17 bits per heavy atom. The average Bonchev–Trinajstić information content (AvgIpc) is 2.55. The van der Waals surface area contributed by atoms with Crippen molar-refractivity contribution >= 4 is 12.0 Å². The van der Waals surface area contributed by atoms with Gasteiger partial charge >= 0.3 is 6.09 Å². The van der Waals surface area contributed by atoms with Crippen molar-refractivity contribution in [1.82, 2.24) is 10.6 Å². The minimum Gasteiger partial charge on any atom is -0.445 e. The Balaban J connectivity index is 1.83. The second kappa shape index (κ2) is 8.53. The van der Waals surface area contributed by atoms with Gasteiger partial charge < -0.3 is 21.1 Å². The maximum absolute atomic E-state index is 12.0. The van der Waals surface area contributed by atoms with E-state index in [9.17, 15) is 9.59 Å². The van der Waals surface area contributed by atoms with E-state index in [2.05, 4.69) is 10.6 Å². The first kappa shape index (κ1) is 17.3. The van der Waals surface area contributed by atoms with E-state index in [1.165, 1.54) is 0 Å². The molecule has 1 saturated carbocycles. The molecule has 3 atom stereocenters. The molecule has 23 heavy (non-hydrogen) atoms. The Labute approximate surface area is 136 Å². The largest absolute Gasteiger partial charge is 0.445 e. The van der Waals surface area contributed by atoms with Gasteiger partial charge in [-0.1, -0.05) is 43.2 Å². The Kier molecular flexibility index (Phi) is 6.40. The van der Waals surface area contributed by atoms with E-state index in [1.54, 1.807) is 6.92 Å². The Morgan fingerprint density at radius 2 is 1.78 bits per heavy atom. The summed E-state index contributed by atoms with van der Waals surface area (Å²) in [5.41, 5.74) is 6.53. The average molecular weight is 319 g/mol. The number of carbonyl (C=O) groups excluding carboxylic acids is 2.